The fourth-order valence-electron chi connectivity index (χ4n) is 5.07. The number of carbonyl (C=O) groups is 1. The summed E-state index contributed by atoms with van der Waals surface area (Å²) in [6.07, 6.45) is 6.09. The highest BCUT2D eigenvalue weighted by Crippen LogP contribution is 2.36. The number of fused-ring (bicyclic) bond motifs is 1. The first-order chi connectivity index (χ1) is 15.9. The van der Waals surface area contributed by atoms with Crippen LogP contribution in [-0.2, 0) is 22.5 Å². The molecule has 1 aromatic heterocycles. The summed E-state index contributed by atoms with van der Waals surface area (Å²) < 4.78 is 7.00. The van der Waals surface area contributed by atoms with Crippen molar-refractivity contribution in [1.29, 1.82) is 0 Å². The van der Waals surface area contributed by atoms with Crippen molar-refractivity contribution in [2.75, 3.05) is 60.6 Å². The van der Waals surface area contributed by atoms with E-state index in [1.165, 1.54) is 22.0 Å². The minimum atomic E-state index is -0.245. The molecule has 0 unspecified atom stereocenters. The molecule has 4 heterocycles. The predicted octanol–water partition coefficient (Wildman–Crippen LogP) is 2.30. The monoisotopic (exact) mass is 451 g/mol. The Bertz CT molecular complexity index is 1080. The van der Waals surface area contributed by atoms with Crippen molar-refractivity contribution in [2.45, 2.75) is 39.7 Å². The van der Waals surface area contributed by atoms with Crippen LogP contribution in [0.5, 0.6) is 0 Å². The van der Waals surface area contributed by atoms with Crippen molar-refractivity contribution in [3.8, 4) is 0 Å². The highest BCUT2D eigenvalue weighted by Gasteiger charge is 2.29. The Hall–Kier alpha value is -2.87. The molecule has 0 N–H and O–H groups in total. The number of benzene rings is 1. The van der Waals surface area contributed by atoms with Crippen LogP contribution < -0.4 is 20.3 Å². The number of ether oxygens (including phenoxy) is 1. The molecule has 3 aliphatic heterocycles. The molecular formula is C25H33N5O3. The molecule has 2 saturated heterocycles. The Kier molecular flexibility index (Phi) is 5.86. The Morgan fingerprint density at radius 3 is 2.52 bits per heavy atom. The van der Waals surface area contributed by atoms with Crippen LogP contribution in [0.15, 0.2) is 35.4 Å². The van der Waals surface area contributed by atoms with E-state index in [1.54, 1.807) is 6.20 Å². The molecule has 0 radical (unpaired) electrons. The van der Waals surface area contributed by atoms with Crippen LogP contribution in [0.1, 0.15) is 32.3 Å². The molecule has 176 valence electrons. The number of piperidine rings is 1. The minimum absolute atomic E-state index is 0.0227. The molecule has 3 aliphatic rings. The zero-order valence-electron chi connectivity index (χ0n) is 19.6. The summed E-state index contributed by atoms with van der Waals surface area (Å²) >= 11 is 0. The fourth-order valence-corrected chi connectivity index (χ4v) is 5.07. The maximum absolute atomic E-state index is 13.3. The number of anilines is 3. The fraction of sp³-hybridized carbons (Fsp3) is 0.560. The smallest absolute Gasteiger partial charge is 0.269 e. The van der Waals surface area contributed by atoms with Crippen molar-refractivity contribution >= 4 is 23.1 Å². The van der Waals surface area contributed by atoms with E-state index in [4.69, 9.17) is 4.74 Å². The third-order valence-corrected chi connectivity index (χ3v) is 7.26. The molecule has 2 fully saturated rings. The first-order valence-electron chi connectivity index (χ1n) is 12.0. The summed E-state index contributed by atoms with van der Waals surface area (Å²) in [6, 6.07) is 6.17. The first-order valence-corrected chi connectivity index (χ1v) is 12.0. The second kappa shape index (κ2) is 8.82. The van der Waals surface area contributed by atoms with Gasteiger partial charge in [0.1, 0.15) is 12.4 Å². The van der Waals surface area contributed by atoms with Gasteiger partial charge >= 0.3 is 0 Å². The second-order valence-electron chi connectivity index (χ2n) is 10.0. The van der Waals surface area contributed by atoms with E-state index in [0.29, 0.717) is 12.0 Å². The third-order valence-electron chi connectivity index (χ3n) is 7.26. The average molecular weight is 452 g/mol. The van der Waals surface area contributed by atoms with Crippen molar-refractivity contribution in [1.82, 2.24) is 9.55 Å². The van der Waals surface area contributed by atoms with Gasteiger partial charge in [0.2, 0.25) is 5.91 Å². The maximum Gasteiger partial charge on any atom is 0.269 e. The van der Waals surface area contributed by atoms with E-state index in [9.17, 15) is 9.59 Å². The summed E-state index contributed by atoms with van der Waals surface area (Å²) in [5.41, 5.74) is 3.47. The van der Waals surface area contributed by atoms with E-state index >= 15 is 0 Å². The molecule has 1 amide bonds. The third kappa shape index (κ3) is 4.49. The van der Waals surface area contributed by atoms with Crippen LogP contribution in [-0.4, -0.2) is 61.4 Å². The van der Waals surface area contributed by atoms with E-state index in [2.05, 4.69) is 34.7 Å². The average Bonchev–Trinajstić information content (AvgIpc) is 3.26. The number of amides is 1. The van der Waals surface area contributed by atoms with Gasteiger partial charge in [-0.25, -0.2) is 4.98 Å². The molecular weight excluding hydrogens is 418 g/mol. The van der Waals surface area contributed by atoms with Crippen LogP contribution in [0.25, 0.3) is 0 Å². The summed E-state index contributed by atoms with van der Waals surface area (Å²) in [4.78, 5) is 36.5. The van der Waals surface area contributed by atoms with Gasteiger partial charge in [0.05, 0.1) is 25.6 Å². The van der Waals surface area contributed by atoms with Gasteiger partial charge in [0.25, 0.3) is 5.56 Å². The van der Waals surface area contributed by atoms with Gasteiger partial charge in [0.15, 0.2) is 0 Å². The Morgan fingerprint density at radius 2 is 1.76 bits per heavy atom. The quantitative estimate of drug-likeness (QED) is 0.711. The van der Waals surface area contributed by atoms with Crippen molar-refractivity contribution in [3.63, 3.8) is 0 Å². The van der Waals surface area contributed by atoms with Gasteiger partial charge in [-0.2, -0.15) is 0 Å². The standard InChI is InChI=1S/C25H33N5O3/c1-25(2)7-10-28(11-8-25)22-17-29(23(31)16-26-22)18-24(32)30-9-6-19-20(4-3-5-21(19)30)27-12-14-33-15-13-27/h3-5,16-17H,6-15,18H2,1-2H3. The topological polar surface area (TPSA) is 70.9 Å². The second-order valence-corrected chi connectivity index (χ2v) is 10.0. The predicted molar refractivity (Wildman–Crippen MR) is 129 cm³/mol. The number of morpholine rings is 1. The first kappa shape index (κ1) is 21.9. The van der Waals surface area contributed by atoms with Gasteiger partial charge in [0, 0.05) is 49.7 Å². The Morgan fingerprint density at radius 1 is 1.03 bits per heavy atom. The number of hydrogen-bond acceptors (Lipinski definition) is 6. The molecule has 0 spiro atoms. The van der Waals surface area contributed by atoms with Crippen LogP contribution in [0, 0.1) is 5.41 Å². The summed E-state index contributed by atoms with van der Waals surface area (Å²) in [7, 11) is 0. The maximum atomic E-state index is 13.3. The molecule has 8 heteroatoms. The summed E-state index contributed by atoms with van der Waals surface area (Å²) in [5, 5.41) is 0. The SMILES string of the molecule is CC1(C)CCN(c2cn(CC(=O)N3CCc4c(N5CCOCC5)cccc43)c(=O)cn2)CC1. The molecule has 5 rings (SSSR count). The van der Waals surface area contributed by atoms with Gasteiger partial charge in [-0.05, 0) is 36.8 Å². The van der Waals surface area contributed by atoms with E-state index < -0.39 is 0 Å². The van der Waals surface area contributed by atoms with E-state index in [1.807, 2.05) is 17.0 Å². The number of rotatable bonds is 4. The van der Waals surface area contributed by atoms with Gasteiger partial charge in [-0.3, -0.25) is 9.59 Å². The zero-order chi connectivity index (χ0) is 23.0. The van der Waals surface area contributed by atoms with Crippen molar-refractivity contribution < 1.29 is 9.53 Å². The van der Waals surface area contributed by atoms with Crippen LogP contribution in [0.3, 0.4) is 0 Å². The summed E-state index contributed by atoms with van der Waals surface area (Å²) in [5.74, 6) is 0.709. The lowest BCUT2D eigenvalue weighted by atomic mass is 9.83. The van der Waals surface area contributed by atoms with Gasteiger partial charge in [-0.1, -0.05) is 19.9 Å². The van der Waals surface area contributed by atoms with Gasteiger partial charge in [-0.15, -0.1) is 0 Å². The number of hydrogen-bond donors (Lipinski definition) is 0. The molecule has 1 aromatic carbocycles. The highest BCUT2D eigenvalue weighted by atomic mass is 16.5. The van der Waals surface area contributed by atoms with Crippen LogP contribution >= 0.6 is 0 Å². The Labute approximate surface area is 194 Å². The number of carbonyl (C=O) groups excluding carboxylic acids is 1. The summed E-state index contributed by atoms with van der Waals surface area (Å²) in [6.45, 7) is 10.3. The largest absolute Gasteiger partial charge is 0.378 e. The van der Waals surface area contributed by atoms with Crippen LogP contribution in [0.4, 0.5) is 17.2 Å². The molecule has 0 atom stereocenters. The molecule has 8 nitrogen and oxygen atoms in total. The lowest BCUT2D eigenvalue weighted by Crippen LogP contribution is -2.39. The van der Waals surface area contributed by atoms with Crippen molar-refractivity contribution in [3.05, 3.63) is 46.5 Å². The van der Waals surface area contributed by atoms with Crippen LogP contribution in [0.2, 0.25) is 0 Å². The number of aromatic nitrogens is 2. The zero-order valence-corrected chi connectivity index (χ0v) is 19.6. The highest BCUT2D eigenvalue weighted by molar-refractivity contribution is 5.96. The molecule has 2 aromatic rings. The number of nitrogens with zero attached hydrogens (tertiary/aromatic N) is 5. The molecule has 33 heavy (non-hydrogen) atoms. The molecule has 0 saturated carbocycles. The van der Waals surface area contributed by atoms with E-state index in [-0.39, 0.29) is 18.0 Å². The van der Waals surface area contributed by atoms with E-state index in [0.717, 1.165) is 70.2 Å². The normalized spacial score (nSPS) is 20.1. The Balaban J connectivity index is 1.33. The minimum Gasteiger partial charge on any atom is -0.378 e. The lowest BCUT2D eigenvalue weighted by molar-refractivity contribution is -0.119. The van der Waals surface area contributed by atoms with Crippen molar-refractivity contribution in [2.24, 2.45) is 5.41 Å². The molecule has 0 aliphatic carbocycles. The lowest BCUT2D eigenvalue weighted by Gasteiger charge is -2.37. The molecule has 0 bridgehead atoms. The van der Waals surface area contributed by atoms with Gasteiger partial charge < -0.3 is 24.0 Å².